The minimum absolute atomic E-state index is 0.0754. The minimum atomic E-state index is -0.502. The van der Waals surface area contributed by atoms with Gasteiger partial charge in [0.2, 0.25) is 5.91 Å². The average Bonchev–Trinajstić information content (AvgIpc) is 2.89. The first-order chi connectivity index (χ1) is 11.3. The molecule has 0 spiro atoms. The van der Waals surface area contributed by atoms with E-state index in [9.17, 15) is 9.59 Å². The Balaban J connectivity index is 1.67. The van der Waals surface area contributed by atoms with Crippen LogP contribution in [-0.4, -0.2) is 37.0 Å². The van der Waals surface area contributed by atoms with Gasteiger partial charge in [-0.3, -0.25) is 9.59 Å². The Kier molecular flexibility index (Phi) is 4.37. The Morgan fingerprint density at radius 3 is 2.67 bits per heavy atom. The number of amides is 1. The van der Waals surface area contributed by atoms with Gasteiger partial charge >= 0.3 is 5.97 Å². The molecule has 1 amide bonds. The first-order valence-corrected chi connectivity index (χ1v) is 8.77. The number of nitrogens with zero attached hydrogens (tertiary/aromatic N) is 1. The predicted octanol–water partition coefficient (Wildman–Crippen LogP) is 3.32. The second-order valence-corrected chi connectivity index (χ2v) is 8.14. The summed E-state index contributed by atoms with van der Waals surface area (Å²) in [5, 5.41) is 0.693. The van der Waals surface area contributed by atoms with Gasteiger partial charge in [0.1, 0.15) is 0 Å². The van der Waals surface area contributed by atoms with Gasteiger partial charge in [-0.25, -0.2) is 0 Å². The Bertz CT molecular complexity index is 672. The van der Waals surface area contributed by atoms with Gasteiger partial charge in [-0.1, -0.05) is 43.6 Å². The molecule has 5 heteroatoms. The first-order valence-electron chi connectivity index (χ1n) is 8.40. The third-order valence-corrected chi connectivity index (χ3v) is 6.14. The molecule has 4 nitrogen and oxygen atoms in total. The molecule has 2 aliphatic rings. The van der Waals surface area contributed by atoms with Gasteiger partial charge in [-0.15, -0.1) is 0 Å². The number of methoxy groups -OCH3 is 1. The lowest BCUT2D eigenvalue weighted by molar-refractivity contribution is -0.174. The van der Waals surface area contributed by atoms with E-state index in [0.29, 0.717) is 31.0 Å². The number of likely N-dealkylation sites (tertiary alicyclic amines) is 1. The van der Waals surface area contributed by atoms with Crippen molar-refractivity contribution in [3.8, 4) is 0 Å². The van der Waals surface area contributed by atoms with Crippen LogP contribution in [-0.2, 0) is 20.7 Å². The van der Waals surface area contributed by atoms with Crippen LogP contribution in [0.4, 0.5) is 0 Å². The molecule has 24 heavy (non-hydrogen) atoms. The number of carbonyl (C=O) groups is 2. The van der Waals surface area contributed by atoms with Crippen LogP contribution in [0.2, 0.25) is 5.02 Å². The molecule has 130 valence electrons. The normalized spacial score (nSPS) is 27.3. The molecule has 1 aromatic rings. The summed E-state index contributed by atoms with van der Waals surface area (Å²) >= 11 is 6.16. The summed E-state index contributed by atoms with van der Waals surface area (Å²) in [5.74, 6) is 0.0957. The smallest absolute Gasteiger partial charge is 0.314 e. The SMILES string of the molecule is COC(=O)[C@@]12CN(C(=O)CCc3ccccc3Cl)C[C@@H]1C(C)(C)C2. The van der Waals surface area contributed by atoms with Gasteiger partial charge in [0.05, 0.1) is 12.5 Å². The number of hydrogen-bond acceptors (Lipinski definition) is 3. The van der Waals surface area contributed by atoms with Crippen molar-refractivity contribution in [1.82, 2.24) is 4.90 Å². The second-order valence-electron chi connectivity index (χ2n) is 7.73. The van der Waals surface area contributed by atoms with Crippen LogP contribution in [0, 0.1) is 16.7 Å². The number of ether oxygens (including phenoxy) is 1. The summed E-state index contributed by atoms with van der Waals surface area (Å²) < 4.78 is 5.03. The number of fused-ring (bicyclic) bond motifs is 1. The van der Waals surface area contributed by atoms with E-state index in [0.717, 1.165) is 12.0 Å². The number of aryl methyl sites for hydroxylation is 1. The number of esters is 1. The van der Waals surface area contributed by atoms with Gasteiger partial charge in [-0.05, 0) is 35.8 Å². The van der Waals surface area contributed by atoms with Crippen molar-refractivity contribution in [3.63, 3.8) is 0 Å². The monoisotopic (exact) mass is 349 g/mol. The third-order valence-electron chi connectivity index (χ3n) is 5.77. The lowest BCUT2D eigenvalue weighted by Gasteiger charge is -2.54. The lowest BCUT2D eigenvalue weighted by atomic mass is 9.48. The van der Waals surface area contributed by atoms with Crippen LogP contribution in [0.25, 0.3) is 0 Å². The van der Waals surface area contributed by atoms with Crippen molar-refractivity contribution in [2.24, 2.45) is 16.7 Å². The molecule has 0 bridgehead atoms. The van der Waals surface area contributed by atoms with Gasteiger partial charge in [0.15, 0.2) is 0 Å². The Morgan fingerprint density at radius 1 is 1.33 bits per heavy atom. The zero-order valence-electron chi connectivity index (χ0n) is 14.5. The maximum atomic E-state index is 12.6. The number of benzene rings is 1. The van der Waals surface area contributed by atoms with E-state index in [1.54, 1.807) is 0 Å². The van der Waals surface area contributed by atoms with Crippen molar-refractivity contribution in [3.05, 3.63) is 34.9 Å². The lowest BCUT2D eigenvalue weighted by Crippen LogP contribution is -2.57. The molecule has 1 aliphatic carbocycles. The van der Waals surface area contributed by atoms with E-state index in [1.807, 2.05) is 29.2 Å². The van der Waals surface area contributed by atoms with Crippen LogP contribution in [0.5, 0.6) is 0 Å². The van der Waals surface area contributed by atoms with E-state index in [4.69, 9.17) is 16.3 Å². The van der Waals surface area contributed by atoms with Crippen LogP contribution < -0.4 is 0 Å². The Hall–Kier alpha value is -1.55. The van der Waals surface area contributed by atoms with Crippen molar-refractivity contribution < 1.29 is 14.3 Å². The molecular weight excluding hydrogens is 326 g/mol. The molecule has 3 rings (SSSR count). The second kappa shape index (κ2) is 6.07. The predicted molar refractivity (Wildman–Crippen MR) is 92.7 cm³/mol. The molecule has 1 aromatic carbocycles. The standard InChI is InChI=1S/C19H24ClNO3/c1-18(2)11-19(17(23)24-3)12-21(10-15(18)19)16(22)9-8-13-6-4-5-7-14(13)20/h4-7,15H,8-12H2,1-3H3/t15-,19+/m1/s1. The summed E-state index contributed by atoms with van der Waals surface area (Å²) in [6.45, 7) is 5.45. The van der Waals surface area contributed by atoms with Gasteiger partial charge in [0, 0.05) is 24.5 Å². The van der Waals surface area contributed by atoms with E-state index in [2.05, 4.69) is 13.8 Å². The molecule has 0 N–H and O–H groups in total. The zero-order chi connectivity index (χ0) is 17.5. The maximum absolute atomic E-state index is 12.6. The van der Waals surface area contributed by atoms with Crippen LogP contribution in [0.3, 0.4) is 0 Å². The molecule has 1 saturated heterocycles. The Morgan fingerprint density at radius 2 is 2.04 bits per heavy atom. The van der Waals surface area contributed by atoms with E-state index in [1.165, 1.54) is 7.11 Å². The van der Waals surface area contributed by atoms with E-state index >= 15 is 0 Å². The number of hydrogen-bond donors (Lipinski definition) is 0. The minimum Gasteiger partial charge on any atom is -0.469 e. The molecule has 2 fully saturated rings. The fourth-order valence-corrected chi connectivity index (χ4v) is 4.89. The number of halogens is 1. The van der Waals surface area contributed by atoms with Crippen LogP contribution >= 0.6 is 11.6 Å². The summed E-state index contributed by atoms with van der Waals surface area (Å²) in [4.78, 5) is 26.8. The van der Waals surface area contributed by atoms with Gasteiger partial charge in [0.25, 0.3) is 0 Å². The highest BCUT2D eigenvalue weighted by molar-refractivity contribution is 6.31. The van der Waals surface area contributed by atoms with E-state index < -0.39 is 5.41 Å². The molecule has 0 aromatic heterocycles. The van der Waals surface area contributed by atoms with Crippen LogP contribution in [0.1, 0.15) is 32.3 Å². The van der Waals surface area contributed by atoms with E-state index in [-0.39, 0.29) is 23.2 Å². The maximum Gasteiger partial charge on any atom is 0.314 e. The van der Waals surface area contributed by atoms with Crippen molar-refractivity contribution in [2.45, 2.75) is 33.1 Å². The summed E-state index contributed by atoms with van der Waals surface area (Å²) in [7, 11) is 1.43. The average molecular weight is 350 g/mol. The first kappa shape index (κ1) is 17.3. The number of carbonyl (C=O) groups excluding carboxylic acids is 2. The topological polar surface area (TPSA) is 46.6 Å². The molecule has 1 aliphatic heterocycles. The van der Waals surface area contributed by atoms with Crippen LogP contribution in [0.15, 0.2) is 24.3 Å². The van der Waals surface area contributed by atoms with Gasteiger partial charge < -0.3 is 9.64 Å². The molecule has 1 saturated carbocycles. The number of rotatable bonds is 4. The van der Waals surface area contributed by atoms with Crippen molar-refractivity contribution in [2.75, 3.05) is 20.2 Å². The van der Waals surface area contributed by atoms with Crippen molar-refractivity contribution in [1.29, 1.82) is 0 Å². The van der Waals surface area contributed by atoms with Crippen molar-refractivity contribution >= 4 is 23.5 Å². The van der Waals surface area contributed by atoms with Gasteiger partial charge in [-0.2, -0.15) is 0 Å². The Labute approximate surface area is 148 Å². The molecule has 0 radical (unpaired) electrons. The highest BCUT2D eigenvalue weighted by Gasteiger charge is 2.67. The molecular formula is C19H24ClNO3. The zero-order valence-corrected chi connectivity index (χ0v) is 15.2. The summed E-state index contributed by atoms with van der Waals surface area (Å²) in [6, 6.07) is 7.60. The third kappa shape index (κ3) is 2.71. The molecule has 2 atom stereocenters. The molecule has 1 heterocycles. The quantitative estimate of drug-likeness (QED) is 0.783. The fourth-order valence-electron chi connectivity index (χ4n) is 4.66. The highest BCUT2D eigenvalue weighted by atomic mass is 35.5. The largest absolute Gasteiger partial charge is 0.469 e. The fraction of sp³-hybridized carbons (Fsp3) is 0.579. The summed E-state index contributed by atoms with van der Waals surface area (Å²) in [6.07, 6.45) is 1.81. The highest BCUT2D eigenvalue weighted by Crippen LogP contribution is 2.63. The summed E-state index contributed by atoms with van der Waals surface area (Å²) in [5.41, 5.74) is 0.558. The molecule has 0 unspecified atom stereocenters.